The molecule has 23 heavy (non-hydrogen) atoms. The van der Waals surface area contributed by atoms with Crippen LogP contribution >= 0.6 is 11.6 Å². The minimum Gasteiger partial charge on any atom is -0.475 e. The van der Waals surface area contributed by atoms with Gasteiger partial charge in [-0.25, -0.2) is 0 Å². The van der Waals surface area contributed by atoms with E-state index < -0.39 is 0 Å². The fourth-order valence-electron chi connectivity index (χ4n) is 3.25. The van der Waals surface area contributed by atoms with Crippen molar-refractivity contribution in [2.24, 2.45) is 0 Å². The Morgan fingerprint density at radius 2 is 1.78 bits per heavy atom. The summed E-state index contributed by atoms with van der Waals surface area (Å²) >= 11 is 6.06. The monoisotopic (exact) mass is 323 g/mol. The Kier molecular flexibility index (Phi) is 3.72. The number of halogens is 1. The molecule has 0 bridgehead atoms. The van der Waals surface area contributed by atoms with Gasteiger partial charge in [0.05, 0.1) is 6.04 Å². The van der Waals surface area contributed by atoms with E-state index in [0.29, 0.717) is 0 Å². The van der Waals surface area contributed by atoms with Crippen LogP contribution in [0.5, 0.6) is 5.75 Å². The van der Waals surface area contributed by atoms with Crippen LogP contribution in [0, 0.1) is 0 Å². The van der Waals surface area contributed by atoms with E-state index in [0.717, 1.165) is 17.2 Å². The summed E-state index contributed by atoms with van der Waals surface area (Å²) in [5, 5.41) is 6.83. The summed E-state index contributed by atoms with van der Waals surface area (Å²) in [5.74, 6) is 0.967. The molecule has 3 aromatic carbocycles. The first-order chi connectivity index (χ1) is 11.3. The van der Waals surface area contributed by atoms with Crippen LogP contribution in [0.15, 0.2) is 60.7 Å². The average Bonchev–Trinajstić information content (AvgIpc) is 2.61. The molecule has 3 aromatic rings. The predicted octanol–water partition coefficient (Wildman–Crippen LogP) is 5.30. The molecule has 0 unspecified atom stereocenters. The van der Waals surface area contributed by atoms with E-state index in [9.17, 15) is 0 Å². The standard InChI is InChI=1S/C20H18ClNO/c1-2-18-22-20(14-7-10-15(21)11-8-14)19-16-6-4-3-5-13(16)9-12-17(19)23-18/h3-12,18,20,22H,2H2,1H3/t18-,20+/m1/s1. The molecule has 0 saturated carbocycles. The zero-order valence-corrected chi connectivity index (χ0v) is 13.7. The summed E-state index contributed by atoms with van der Waals surface area (Å²) in [6.07, 6.45) is 0.931. The van der Waals surface area contributed by atoms with E-state index in [-0.39, 0.29) is 12.3 Å². The molecule has 1 aliphatic heterocycles. The van der Waals surface area contributed by atoms with Gasteiger partial charge in [-0.1, -0.05) is 61.0 Å². The summed E-state index contributed by atoms with van der Waals surface area (Å²) < 4.78 is 6.13. The van der Waals surface area contributed by atoms with Crippen molar-refractivity contribution in [3.63, 3.8) is 0 Å². The lowest BCUT2D eigenvalue weighted by atomic mass is 9.91. The third kappa shape index (κ3) is 2.58. The highest BCUT2D eigenvalue weighted by Gasteiger charge is 2.29. The number of nitrogens with one attached hydrogen (secondary N) is 1. The molecule has 0 radical (unpaired) electrons. The third-order valence-corrected chi connectivity index (χ3v) is 4.67. The Morgan fingerprint density at radius 1 is 1.00 bits per heavy atom. The van der Waals surface area contributed by atoms with Gasteiger partial charge in [-0.2, -0.15) is 0 Å². The Hall–Kier alpha value is -2.03. The van der Waals surface area contributed by atoms with Gasteiger partial charge in [-0.3, -0.25) is 5.32 Å². The maximum absolute atomic E-state index is 6.13. The second-order valence-electron chi connectivity index (χ2n) is 5.86. The Morgan fingerprint density at radius 3 is 2.57 bits per heavy atom. The molecule has 0 fully saturated rings. The van der Waals surface area contributed by atoms with Crippen LogP contribution < -0.4 is 10.1 Å². The molecule has 0 saturated heterocycles. The Bertz CT molecular complexity index is 844. The molecule has 1 aliphatic rings. The topological polar surface area (TPSA) is 21.3 Å². The lowest BCUT2D eigenvalue weighted by molar-refractivity contribution is 0.128. The molecule has 1 N–H and O–H groups in total. The van der Waals surface area contributed by atoms with Crippen LogP contribution in [0.4, 0.5) is 0 Å². The fourth-order valence-corrected chi connectivity index (χ4v) is 3.38. The van der Waals surface area contributed by atoms with Gasteiger partial charge in [0.15, 0.2) is 6.23 Å². The first kappa shape index (κ1) is 14.6. The SMILES string of the molecule is CC[C@@H]1N[C@@H](c2ccc(Cl)cc2)c2c(ccc3ccccc23)O1. The van der Waals surface area contributed by atoms with Gasteiger partial charge < -0.3 is 4.74 Å². The maximum Gasteiger partial charge on any atom is 0.150 e. The zero-order valence-electron chi connectivity index (χ0n) is 12.9. The third-order valence-electron chi connectivity index (χ3n) is 4.42. The molecule has 2 nitrogen and oxygen atoms in total. The van der Waals surface area contributed by atoms with Crippen LogP contribution in [0.2, 0.25) is 5.02 Å². The highest BCUT2D eigenvalue weighted by Crippen LogP contribution is 2.40. The molecular formula is C20H18ClNO. The summed E-state index contributed by atoms with van der Waals surface area (Å²) in [5.41, 5.74) is 2.41. The minimum atomic E-state index is 0.0179. The van der Waals surface area contributed by atoms with Crippen molar-refractivity contribution >= 4 is 22.4 Å². The Balaban J connectivity index is 1.93. The van der Waals surface area contributed by atoms with E-state index in [4.69, 9.17) is 16.3 Å². The molecule has 0 amide bonds. The molecule has 4 rings (SSSR count). The smallest absolute Gasteiger partial charge is 0.150 e. The van der Waals surface area contributed by atoms with Gasteiger partial charge in [-0.15, -0.1) is 0 Å². The molecule has 0 aliphatic carbocycles. The van der Waals surface area contributed by atoms with Gasteiger partial charge in [-0.05, 0) is 41.0 Å². The minimum absolute atomic E-state index is 0.0179. The average molecular weight is 324 g/mol. The number of fused-ring (bicyclic) bond motifs is 3. The van der Waals surface area contributed by atoms with Crippen molar-refractivity contribution in [3.8, 4) is 5.75 Å². The van der Waals surface area contributed by atoms with E-state index in [1.165, 1.54) is 21.9 Å². The predicted molar refractivity (Wildman–Crippen MR) is 95.1 cm³/mol. The van der Waals surface area contributed by atoms with E-state index in [1.54, 1.807) is 0 Å². The van der Waals surface area contributed by atoms with E-state index >= 15 is 0 Å². The highest BCUT2D eigenvalue weighted by molar-refractivity contribution is 6.30. The second-order valence-corrected chi connectivity index (χ2v) is 6.30. The normalized spacial score (nSPS) is 20.1. The van der Waals surface area contributed by atoms with Crippen molar-refractivity contribution < 1.29 is 4.74 Å². The first-order valence-electron chi connectivity index (χ1n) is 7.96. The lowest BCUT2D eigenvalue weighted by Crippen LogP contribution is -2.41. The number of ether oxygens (including phenoxy) is 1. The maximum atomic E-state index is 6.13. The van der Waals surface area contributed by atoms with Crippen molar-refractivity contribution in [1.82, 2.24) is 5.32 Å². The molecule has 2 atom stereocenters. The van der Waals surface area contributed by atoms with Gasteiger partial charge in [0.1, 0.15) is 5.75 Å². The van der Waals surface area contributed by atoms with Crippen molar-refractivity contribution in [1.29, 1.82) is 0 Å². The molecule has 0 spiro atoms. The lowest BCUT2D eigenvalue weighted by Gasteiger charge is -2.34. The number of hydrogen-bond acceptors (Lipinski definition) is 2. The van der Waals surface area contributed by atoms with E-state index in [2.05, 4.69) is 60.8 Å². The van der Waals surface area contributed by atoms with E-state index in [1.807, 2.05) is 12.1 Å². The zero-order chi connectivity index (χ0) is 15.8. The van der Waals surface area contributed by atoms with Crippen LogP contribution in [-0.2, 0) is 0 Å². The number of rotatable bonds is 2. The molecule has 0 aromatic heterocycles. The highest BCUT2D eigenvalue weighted by atomic mass is 35.5. The Labute approximate surface area is 141 Å². The molecule has 3 heteroatoms. The summed E-state index contributed by atoms with van der Waals surface area (Å²) in [7, 11) is 0. The number of hydrogen-bond donors (Lipinski definition) is 1. The summed E-state index contributed by atoms with van der Waals surface area (Å²) in [6.45, 7) is 2.13. The van der Waals surface area contributed by atoms with Gasteiger partial charge >= 0.3 is 0 Å². The summed E-state index contributed by atoms with van der Waals surface area (Å²) in [4.78, 5) is 0. The van der Waals surface area contributed by atoms with Gasteiger partial charge in [0, 0.05) is 10.6 Å². The largest absolute Gasteiger partial charge is 0.475 e. The van der Waals surface area contributed by atoms with Gasteiger partial charge in [0.25, 0.3) is 0 Å². The van der Waals surface area contributed by atoms with Gasteiger partial charge in [0.2, 0.25) is 0 Å². The fraction of sp³-hybridized carbons (Fsp3) is 0.200. The van der Waals surface area contributed by atoms with Crippen LogP contribution in [0.25, 0.3) is 10.8 Å². The number of benzene rings is 3. The van der Waals surface area contributed by atoms with Crippen LogP contribution in [-0.4, -0.2) is 6.23 Å². The van der Waals surface area contributed by atoms with Crippen molar-refractivity contribution in [2.75, 3.05) is 0 Å². The molecular weight excluding hydrogens is 306 g/mol. The van der Waals surface area contributed by atoms with Crippen LogP contribution in [0.3, 0.4) is 0 Å². The summed E-state index contributed by atoms with van der Waals surface area (Å²) in [6, 6.07) is 20.8. The molecule has 116 valence electrons. The second kappa shape index (κ2) is 5.88. The van der Waals surface area contributed by atoms with Crippen molar-refractivity contribution in [3.05, 3.63) is 76.8 Å². The molecule has 1 heterocycles. The first-order valence-corrected chi connectivity index (χ1v) is 8.34. The quantitative estimate of drug-likeness (QED) is 0.691. The van der Waals surface area contributed by atoms with Crippen molar-refractivity contribution in [2.45, 2.75) is 25.6 Å². The van der Waals surface area contributed by atoms with Crippen LogP contribution in [0.1, 0.15) is 30.5 Å².